The lowest BCUT2D eigenvalue weighted by Gasteiger charge is -2.10. The highest BCUT2D eigenvalue weighted by Crippen LogP contribution is 1.83. The maximum atomic E-state index is 10.3. The number of nitrogens with one attached hydrogen (secondary N) is 1. The summed E-state index contributed by atoms with van der Waals surface area (Å²) in [6, 6.07) is -1.95. The Balaban J connectivity index is 3.89. The van der Waals surface area contributed by atoms with Crippen molar-refractivity contribution in [2.75, 3.05) is 13.7 Å². The van der Waals surface area contributed by atoms with Crippen molar-refractivity contribution in [3.8, 4) is 0 Å². The van der Waals surface area contributed by atoms with Crippen LogP contribution in [0.1, 0.15) is 0 Å². The van der Waals surface area contributed by atoms with Crippen molar-refractivity contribution >= 4 is 12.0 Å². The molecule has 0 spiro atoms. The van der Waals surface area contributed by atoms with Gasteiger partial charge in [0.1, 0.15) is 0 Å². The van der Waals surface area contributed by atoms with Gasteiger partial charge in [0, 0.05) is 7.11 Å². The summed E-state index contributed by atoms with van der Waals surface area (Å²) in [5.74, 6) is -1.18. The number of aliphatic carboxylic acids is 1. The molecular weight excluding hydrogens is 152 g/mol. The number of hydrogen-bond donors (Lipinski definition) is 3. The number of ether oxygens (including phenoxy) is 1. The number of nitrogens with two attached hydrogens (primary N) is 1. The second kappa shape index (κ2) is 4.51. The van der Waals surface area contributed by atoms with Crippen LogP contribution < -0.4 is 11.1 Å². The summed E-state index contributed by atoms with van der Waals surface area (Å²) < 4.78 is 4.52. The van der Waals surface area contributed by atoms with Crippen LogP contribution in [0, 0.1) is 0 Å². The Morgan fingerprint density at radius 1 is 1.73 bits per heavy atom. The molecule has 64 valence electrons. The Morgan fingerprint density at radius 3 is 2.55 bits per heavy atom. The molecule has 0 saturated carbocycles. The van der Waals surface area contributed by atoms with Crippen molar-refractivity contribution in [1.82, 2.24) is 5.32 Å². The molecule has 0 aromatic rings. The fraction of sp³-hybridized carbons (Fsp3) is 0.600. The van der Waals surface area contributed by atoms with Gasteiger partial charge in [0.25, 0.3) is 0 Å². The summed E-state index contributed by atoms with van der Waals surface area (Å²) in [5.41, 5.74) is 4.69. The van der Waals surface area contributed by atoms with Gasteiger partial charge in [-0.1, -0.05) is 0 Å². The molecule has 4 N–H and O–H groups in total. The molecule has 0 heterocycles. The van der Waals surface area contributed by atoms with Crippen molar-refractivity contribution in [2.24, 2.45) is 5.73 Å². The van der Waals surface area contributed by atoms with Crippen LogP contribution in [0.15, 0.2) is 0 Å². The molecule has 0 aliphatic carbocycles. The maximum absolute atomic E-state index is 10.3. The van der Waals surface area contributed by atoms with E-state index >= 15 is 0 Å². The van der Waals surface area contributed by atoms with Gasteiger partial charge >= 0.3 is 12.0 Å². The third-order valence-corrected chi connectivity index (χ3v) is 0.948. The van der Waals surface area contributed by atoms with Crippen LogP contribution in [0.25, 0.3) is 0 Å². The summed E-state index contributed by atoms with van der Waals surface area (Å²) in [4.78, 5) is 20.5. The first kappa shape index (κ1) is 9.70. The number of primary amides is 1. The fourth-order valence-corrected chi connectivity index (χ4v) is 0.513. The highest BCUT2D eigenvalue weighted by molar-refractivity contribution is 5.81. The summed E-state index contributed by atoms with van der Waals surface area (Å²) in [6.07, 6.45) is 0. The largest absolute Gasteiger partial charge is 0.480 e. The van der Waals surface area contributed by atoms with Crippen LogP contribution >= 0.6 is 0 Å². The average molecular weight is 162 g/mol. The molecule has 0 radical (unpaired) electrons. The number of urea groups is 1. The summed E-state index contributed by atoms with van der Waals surface area (Å²) >= 11 is 0. The standard InChI is InChI=1S/C5H10N2O4/c1-11-2-3(4(8)9)7-5(6)10/h3H,2H2,1H3,(H,8,9)(H3,6,7,10)/t3-/m1/s1. The van der Waals surface area contributed by atoms with Crippen LogP contribution in [-0.4, -0.2) is 36.9 Å². The van der Waals surface area contributed by atoms with E-state index in [-0.39, 0.29) is 6.61 Å². The molecule has 0 aliphatic heterocycles. The van der Waals surface area contributed by atoms with E-state index in [1.54, 1.807) is 0 Å². The summed E-state index contributed by atoms with van der Waals surface area (Å²) in [6.45, 7) is -0.0989. The van der Waals surface area contributed by atoms with Gasteiger partial charge in [-0.05, 0) is 0 Å². The van der Waals surface area contributed by atoms with Crippen molar-refractivity contribution < 1.29 is 19.4 Å². The van der Waals surface area contributed by atoms with Gasteiger partial charge in [-0.3, -0.25) is 0 Å². The maximum Gasteiger partial charge on any atom is 0.328 e. The van der Waals surface area contributed by atoms with Gasteiger partial charge in [0.2, 0.25) is 0 Å². The molecule has 0 aromatic carbocycles. The van der Waals surface area contributed by atoms with E-state index in [1.807, 2.05) is 5.32 Å². The number of carboxylic acids is 1. The van der Waals surface area contributed by atoms with Crippen LogP contribution in [0.3, 0.4) is 0 Å². The van der Waals surface area contributed by atoms with Gasteiger partial charge in [-0.15, -0.1) is 0 Å². The number of hydrogen-bond acceptors (Lipinski definition) is 3. The topological polar surface area (TPSA) is 102 Å². The monoisotopic (exact) mass is 162 g/mol. The fourth-order valence-electron chi connectivity index (χ4n) is 0.513. The molecular formula is C5H10N2O4. The normalized spacial score (nSPS) is 12.1. The highest BCUT2D eigenvalue weighted by atomic mass is 16.5. The Hall–Kier alpha value is -1.30. The first-order valence-electron chi connectivity index (χ1n) is 2.85. The first-order valence-corrected chi connectivity index (χ1v) is 2.85. The molecule has 0 saturated heterocycles. The van der Waals surface area contributed by atoms with E-state index in [2.05, 4.69) is 4.74 Å². The molecule has 6 nitrogen and oxygen atoms in total. The molecule has 11 heavy (non-hydrogen) atoms. The average Bonchev–Trinajstić information content (AvgIpc) is 1.86. The highest BCUT2D eigenvalue weighted by Gasteiger charge is 2.17. The minimum absolute atomic E-state index is 0.0989. The lowest BCUT2D eigenvalue weighted by atomic mass is 10.3. The lowest BCUT2D eigenvalue weighted by Crippen LogP contribution is -2.46. The first-order chi connectivity index (χ1) is 5.07. The third-order valence-electron chi connectivity index (χ3n) is 0.948. The van der Waals surface area contributed by atoms with Crippen molar-refractivity contribution in [3.05, 3.63) is 0 Å². The number of carboxylic acid groups (broad SMARTS) is 1. The molecule has 1 atom stereocenters. The number of rotatable bonds is 4. The van der Waals surface area contributed by atoms with Crippen molar-refractivity contribution in [2.45, 2.75) is 6.04 Å². The number of amides is 2. The zero-order chi connectivity index (χ0) is 8.85. The van der Waals surface area contributed by atoms with E-state index < -0.39 is 18.0 Å². The smallest absolute Gasteiger partial charge is 0.328 e. The second-order valence-corrected chi connectivity index (χ2v) is 1.85. The molecule has 0 aromatic heterocycles. The third kappa shape index (κ3) is 4.15. The molecule has 0 bridgehead atoms. The van der Waals surface area contributed by atoms with Gasteiger partial charge in [0.15, 0.2) is 6.04 Å². The molecule has 2 amide bonds. The molecule has 6 heteroatoms. The Kier molecular flexibility index (Phi) is 3.97. The van der Waals surface area contributed by atoms with E-state index in [0.29, 0.717) is 0 Å². The van der Waals surface area contributed by atoms with E-state index in [1.165, 1.54) is 7.11 Å². The van der Waals surface area contributed by atoms with Crippen molar-refractivity contribution in [3.63, 3.8) is 0 Å². The Morgan fingerprint density at radius 2 is 2.27 bits per heavy atom. The zero-order valence-corrected chi connectivity index (χ0v) is 6.03. The van der Waals surface area contributed by atoms with Gasteiger partial charge in [-0.25, -0.2) is 9.59 Å². The molecule has 0 unspecified atom stereocenters. The predicted molar refractivity (Wildman–Crippen MR) is 36.0 cm³/mol. The Bertz CT molecular complexity index is 159. The van der Waals surface area contributed by atoms with Gasteiger partial charge in [0.05, 0.1) is 6.61 Å². The van der Waals surface area contributed by atoms with E-state index in [4.69, 9.17) is 10.8 Å². The SMILES string of the molecule is COC[C@@H](NC(N)=O)C(=O)O. The summed E-state index contributed by atoms with van der Waals surface area (Å²) in [5, 5.41) is 10.4. The molecule has 0 fully saturated rings. The minimum Gasteiger partial charge on any atom is -0.480 e. The second-order valence-electron chi connectivity index (χ2n) is 1.85. The van der Waals surface area contributed by atoms with Crippen LogP contribution in [-0.2, 0) is 9.53 Å². The van der Waals surface area contributed by atoms with Crippen molar-refractivity contribution in [1.29, 1.82) is 0 Å². The van der Waals surface area contributed by atoms with E-state index in [0.717, 1.165) is 0 Å². The minimum atomic E-state index is -1.18. The van der Waals surface area contributed by atoms with Crippen LogP contribution in [0.2, 0.25) is 0 Å². The molecule has 0 rings (SSSR count). The van der Waals surface area contributed by atoms with Gasteiger partial charge < -0.3 is 20.9 Å². The Labute approximate surface area is 63.3 Å². The predicted octanol–water partition coefficient (Wildman–Crippen LogP) is -1.25. The van der Waals surface area contributed by atoms with E-state index in [9.17, 15) is 9.59 Å². The van der Waals surface area contributed by atoms with Crippen LogP contribution in [0.5, 0.6) is 0 Å². The van der Waals surface area contributed by atoms with Gasteiger partial charge in [-0.2, -0.15) is 0 Å². The summed E-state index contributed by atoms with van der Waals surface area (Å²) in [7, 11) is 1.33. The number of carbonyl (C=O) groups excluding carboxylic acids is 1. The number of methoxy groups -OCH3 is 1. The zero-order valence-electron chi connectivity index (χ0n) is 6.03. The number of carbonyl (C=O) groups is 2. The lowest BCUT2D eigenvalue weighted by molar-refractivity contribution is -0.140. The van der Waals surface area contributed by atoms with Crippen LogP contribution in [0.4, 0.5) is 4.79 Å². The molecule has 0 aliphatic rings. The quantitative estimate of drug-likeness (QED) is 0.480.